The standard InChI is InChI=1S/C17H24O6/c1-4-6-9-14(5-2)12-20-17(19)22-23-21-16(18)15-10-7-8-13(3)11-15/h7-8,10-11,14H,4-6,9,12H2,1-3H3. The first-order chi connectivity index (χ1) is 11.1. The molecule has 0 radical (unpaired) electrons. The maximum absolute atomic E-state index is 11.6. The Morgan fingerprint density at radius 1 is 1.17 bits per heavy atom. The van der Waals surface area contributed by atoms with Gasteiger partial charge in [-0.3, -0.25) is 4.89 Å². The zero-order valence-electron chi connectivity index (χ0n) is 13.9. The molecule has 0 heterocycles. The Morgan fingerprint density at radius 3 is 2.61 bits per heavy atom. The number of aryl methyl sites for hydroxylation is 1. The molecule has 0 amide bonds. The van der Waals surface area contributed by atoms with Crippen LogP contribution < -0.4 is 0 Å². The van der Waals surface area contributed by atoms with Crippen molar-refractivity contribution in [3.63, 3.8) is 0 Å². The molecule has 1 aromatic carbocycles. The average molecular weight is 324 g/mol. The second-order valence-corrected chi connectivity index (χ2v) is 5.37. The van der Waals surface area contributed by atoms with Crippen LogP contribution in [0, 0.1) is 12.8 Å². The van der Waals surface area contributed by atoms with Crippen molar-refractivity contribution in [2.24, 2.45) is 5.92 Å². The Morgan fingerprint density at radius 2 is 1.96 bits per heavy atom. The molecule has 0 saturated heterocycles. The molecule has 6 nitrogen and oxygen atoms in total. The molecule has 1 atom stereocenters. The number of unbranched alkanes of at least 4 members (excludes halogenated alkanes) is 1. The molecule has 1 unspecified atom stereocenters. The van der Waals surface area contributed by atoms with Crippen molar-refractivity contribution >= 4 is 12.1 Å². The maximum Gasteiger partial charge on any atom is 0.543 e. The lowest BCUT2D eigenvalue weighted by Gasteiger charge is -2.13. The summed E-state index contributed by atoms with van der Waals surface area (Å²) in [6.07, 6.45) is 3.05. The lowest BCUT2D eigenvalue weighted by molar-refractivity contribution is -0.452. The fourth-order valence-electron chi connectivity index (χ4n) is 2.00. The average Bonchev–Trinajstić information content (AvgIpc) is 2.55. The van der Waals surface area contributed by atoms with Gasteiger partial charge in [0.1, 0.15) is 0 Å². The van der Waals surface area contributed by atoms with E-state index in [1.807, 2.05) is 19.9 Å². The van der Waals surface area contributed by atoms with Crippen molar-refractivity contribution in [3.8, 4) is 0 Å². The summed E-state index contributed by atoms with van der Waals surface area (Å²) in [6.45, 7) is 6.24. The normalized spacial score (nSPS) is 11.6. The van der Waals surface area contributed by atoms with Gasteiger partial charge in [-0.05, 0) is 31.4 Å². The number of hydrogen-bond donors (Lipinski definition) is 0. The van der Waals surface area contributed by atoms with Crippen LogP contribution in [-0.4, -0.2) is 18.7 Å². The summed E-state index contributed by atoms with van der Waals surface area (Å²) in [6, 6.07) is 6.75. The Hall–Kier alpha value is -2.08. The van der Waals surface area contributed by atoms with Crippen molar-refractivity contribution in [2.45, 2.75) is 46.5 Å². The van der Waals surface area contributed by atoms with Crippen molar-refractivity contribution in [3.05, 3.63) is 35.4 Å². The number of ether oxygens (including phenoxy) is 1. The summed E-state index contributed by atoms with van der Waals surface area (Å²) < 4.78 is 4.92. The fraction of sp³-hybridized carbons (Fsp3) is 0.529. The number of hydrogen-bond acceptors (Lipinski definition) is 6. The second kappa shape index (κ2) is 10.6. The van der Waals surface area contributed by atoms with E-state index in [2.05, 4.69) is 21.7 Å². The summed E-state index contributed by atoms with van der Waals surface area (Å²) in [5.74, 6) is -0.465. The zero-order chi connectivity index (χ0) is 17.1. The number of carbonyl (C=O) groups excluding carboxylic acids is 2. The van der Waals surface area contributed by atoms with E-state index in [0.717, 1.165) is 31.2 Å². The lowest BCUT2D eigenvalue weighted by Crippen LogP contribution is -2.16. The van der Waals surface area contributed by atoms with Gasteiger partial charge in [0.15, 0.2) is 0 Å². The minimum Gasteiger partial charge on any atom is -0.432 e. The molecule has 0 aliphatic carbocycles. The molecule has 1 rings (SSSR count). The third kappa shape index (κ3) is 7.65. The van der Waals surface area contributed by atoms with E-state index in [9.17, 15) is 9.59 Å². The SMILES string of the molecule is CCCCC(CC)COC(=O)OOOC(=O)c1cccc(C)c1. The molecular formula is C17H24O6. The van der Waals surface area contributed by atoms with Crippen LogP contribution in [0.2, 0.25) is 0 Å². The van der Waals surface area contributed by atoms with E-state index in [0.29, 0.717) is 5.56 Å². The van der Waals surface area contributed by atoms with Gasteiger partial charge >= 0.3 is 12.1 Å². The van der Waals surface area contributed by atoms with Gasteiger partial charge in [0, 0.05) is 0 Å². The summed E-state index contributed by atoms with van der Waals surface area (Å²) in [4.78, 5) is 31.6. The molecule has 0 spiro atoms. The molecule has 0 saturated carbocycles. The summed E-state index contributed by atoms with van der Waals surface area (Å²) in [5.41, 5.74) is 1.20. The van der Waals surface area contributed by atoms with Crippen LogP contribution in [-0.2, 0) is 19.6 Å². The van der Waals surface area contributed by atoms with Gasteiger partial charge < -0.3 is 4.74 Å². The van der Waals surface area contributed by atoms with E-state index < -0.39 is 12.1 Å². The van der Waals surface area contributed by atoms with Crippen LogP contribution in [0.25, 0.3) is 0 Å². The number of benzene rings is 1. The minimum atomic E-state index is -1.03. The van der Waals surface area contributed by atoms with E-state index in [4.69, 9.17) is 4.74 Å². The van der Waals surface area contributed by atoms with Crippen LogP contribution in [0.15, 0.2) is 24.3 Å². The van der Waals surface area contributed by atoms with Gasteiger partial charge in [-0.2, -0.15) is 0 Å². The zero-order valence-corrected chi connectivity index (χ0v) is 13.9. The lowest BCUT2D eigenvalue weighted by atomic mass is 10.0. The van der Waals surface area contributed by atoms with Crippen LogP contribution in [0.5, 0.6) is 0 Å². The second-order valence-electron chi connectivity index (χ2n) is 5.37. The third-order valence-corrected chi connectivity index (χ3v) is 3.45. The highest BCUT2D eigenvalue weighted by atomic mass is 17.5. The van der Waals surface area contributed by atoms with E-state index >= 15 is 0 Å². The summed E-state index contributed by atoms with van der Waals surface area (Å²) in [7, 11) is 0. The Bertz CT molecular complexity index is 500. The van der Waals surface area contributed by atoms with Gasteiger partial charge in [-0.15, -0.1) is 0 Å². The molecule has 6 heteroatoms. The first kappa shape index (κ1) is 19.0. The van der Waals surface area contributed by atoms with Gasteiger partial charge in [0.2, 0.25) is 0 Å². The van der Waals surface area contributed by atoms with Crippen LogP contribution in [0.1, 0.15) is 55.5 Å². The monoisotopic (exact) mass is 324 g/mol. The molecule has 0 aliphatic heterocycles. The Labute approximate surface area is 136 Å². The topological polar surface area (TPSA) is 71.1 Å². The van der Waals surface area contributed by atoms with Crippen molar-refractivity contribution in [1.82, 2.24) is 0 Å². The molecule has 0 aliphatic rings. The van der Waals surface area contributed by atoms with Crippen molar-refractivity contribution in [2.75, 3.05) is 6.61 Å². The molecule has 128 valence electrons. The Balaban J connectivity index is 2.24. The van der Waals surface area contributed by atoms with E-state index in [1.165, 1.54) is 0 Å². The van der Waals surface area contributed by atoms with Gasteiger partial charge in [-0.1, -0.05) is 50.8 Å². The van der Waals surface area contributed by atoms with Gasteiger partial charge in [0.05, 0.1) is 17.2 Å². The first-order valence-corrected chi connectivity index (χ1v) is 7.85. The predicted octanol–water partition coefficient (Wildman–Crippen LogP) is 4.37. The highest BCUT2D eigenvalue weighted by Crippen LogP contribution is 2.13. The highest BCUT2D eigenvalue weighted by Gasteiger charge is 2.14. The third-order valence-electron chi connectivity index (χ3n) is 3.45. The maximum atomic E-state index is 11.6. The van der Waals surface area contributed by atoms with Crippen molar-refractivity contribution < 1.29 is 29.1 Å². The van der Waals surface area contributed by atoms with Crippen LogP contribution in [0.4, 0.5) is 4.79 Å². The fourth-order valence-corrected chi connectivity index (χ4v) is 2.00. The van der Waals surface area contributed by atoms with Gasteiger partial charge in [0.25, 0.3) is 0 Å². The largest absolute Gasteiger partial charge is 0.543 e. The van der Waals surface area contributed by atoms with Gasteiger partial charge in [-0.25, -0.2) is 14.5 Å². The number of rotatable bonds is 9. The smallest absolute Gasteiger partial charge is 0.432 e. The molecule has 0 bridgehead atoms. The molecule has 0 aromatic heterocycles. The van der Waals surface area contributed by atoms with Crippen LogP contribution in [0.3, 0.4) is 0 Å². The molecule has 0 N–H and O–H groups in total. The Kier molecular flexibility index (Phi) is 8.75. The summed E-state index contributed by atoms with van der Waals surface area (Å²) in [5, 5.41) is 4.17. The highest BCUT2D eigenvalue weighted by molar-refractivity contribution is 5.89. The molecule has 23 heavy (non-hydrogen) atoms. The molecular weight excluding hydrogens is 300 g/mol. The van der Waals surface area contributed by atoms with E-state index in [1.54, 1.807) is 18.2 Å². The van der Waals surface area contributed by atoms with Crippen LogP contribution >= 0.6 is 0 Å². The first-order valence-electron chi connectivity index (χ1n) is 7.85. The van der Waals surface area contributed by atoms with E-state index in [-0.39, 0.29) is 12.5 Å². The quantitative estimate of drug-likeness (QED) is 0.381. The molecule has 1 aromatic rings. The minimum absolute atomic E-state index is 0.254. The summed E-state index contributed by atoms with van der Waals surface area (Å²) >= 11 is 0. The molecule has 0 fully saturated rings. The predicted molar refractivity (Wildman–Crippen MR) is 83.4 cm³/mol. The number of carbonyl (C=O) groups is 2. The van der Waals surface area contributed by atoms with Crippen molar-refractivity contribution in [1.29, 1.82) is 0 Å².